The van der Waals surface area contributed by atoms with Crippen molar-refractivity contribution in [2.24, 2.45) is 0 Å². The predicted octanol–water partition coefficient (Wildman–Crippen LogP) is 3.06. The average molecular weight is 398 g/mol. The topological polar surface area (TPSA) is 63.7 Å². The molecule has 0 atom stereocenters. The fourth-order valence-electron chi connectivity index (χ4n) is 1.85. The maximum Gasteiger partial charge on any atom is 0.338 e. The normalized spacial score (nSPS) is 11.5. The summed E-state index contributed by atoms with van der Waals surface area (Å²) in [6.07, 6.45) is 0. The van der Waals surface area contributed by atoms with Gasteiger partial charge >= 0.3 is 5.97 Å². The lowest BCUT2D eigenvalue weighted by Gasteiger charge is -2.12. The van der Waals surface area contributed by atoms with E-state index in [1.807, 2.05) is 24.3 Å². The van der Waals surface area contributed by atoms with E-state index < -0.39 is 16.0 Å². The molecule has 0 N–H and O–H groups in total. The van der Waals surface area contributed by atoms with Gasteiger partial charge in [0.05, 0.1) is 10.5 Å². The molecular weight excluding hydrogens is 382 g/mol. The standard InChI is InChI=1S/C16H16BrNO4S/c1-18(2)23(20,21)15-8-4-6-13(10-15)16(19)22-11-12-5-3-7-14(17)9-12/h3-10H,11H2,1-2H3. The molecule has 2 aromatic rings. The molecular formula is C16H16BrNO4S. The van der Waals surface area contributed by atoms with Gasteiger partial charge in [0.2, 0.25) is 10.0 Å². The number of carbonyl (C=O) groups is 1. The molecule has 0 aliphatic carbocycles. The smallest absolute Gasteiger partial charge is 0.338 e. The molecule has 0 unspecified atom stereocenters. The largest absolute Gasteiger partial charge is 0.457 e. The van der Waals surface area contributed by atoms with Gasteiger partial charge in [0.1, 0.15) is 6.61 Å². The first kappa shape index (κ1) is 17.7. The van der Waals surface area contributed by atoms with E-state index >= 15 is 0 Å². The van der Waals surface area contributed by atoms with E-state index in [0.29, 0.717) is 0 Å². The highest BCUT2D eigenvalue weighted by Gasteiger charge is 2.19. The summed E-state index contributed by atoms with van der Waals surface area (Å²) in [5, 5.41) is 0. The van der Waals surface area contributed by atoms with Crippen molar-refractivity contribution in [2.45, 2.75) is 11.5 Å². The van der Waals surface area contributed by atoms with Crippen LogP contribution in [0.15, 0.2) is 57.9 Å². The van der Waals surface area contributed by atoms with Crippen molar-refractivity contribution >= 4 is 31.9 Å². The zero-order valence-electron chi connectivity index (χ0n) is 12.7. The van der Waals surface area contributed by atoms with Gasteiger partial charge in [0.25, 0.3) is 0 Å². The Hall–Kier alpha value is -1.70. The SMILES string of the molecule is CN(C)S(=O)(=O)c1cccc(C(=O)OCc2cccc(Br)c2)c1. The third-order valence-electron chi connectivity index (χ3n) is 3.11. The second-order valence-corrected chi connectivity index (χ2v) is 8.09. The van der Waals surface area contributed by atoms with Crippen LogP contribution in [0.5, 0.6) is 0 Å². The molecule has 0 fully saturated rings. The molecule has 0 saturated heterocycles. The summed E-state index contributed by atoms with van der Waals surface area (Å²) >= 11 is 3.35. The molecule has 0 saturated carbocycles. The van der Waals surface area contributed by atoms with Crippen LogP contribution in [0.2, 0.25) is 0 Å². The van der Waals surface area contributed by atoms with Crippen LogP contribution in [-0.2, 0) is 21.4 Å². The van der Waals surface area contributed by atoms with Crippen LogP contribution in [0.4, 0.5) is 0 Å². The molecule has 7 heteroatoms. The Morgan fingerprint density at radius 2 is 1.83 bits per heavy atom. The van der Waals surface area contributed by atoms with E-state index in [4.69, 9.17) is 4.74 Å². The molecule has 2 aromatic carbocycles. The number of ether oxygens (including phenoxy) is 1. The summed E-state index contributed by atoms with van der Waals surface area (Å²) in [5.41, 5.74) is 1.03. The quantitative estimate of drug-likeness (QED) is 0.727. The minimum absolute atomic E-state index is 0.0550. The number of benzene rings is 2. The maximum atomic E-state index is 12.1. The molecule has 122 valence electrons. The zero-order chi connectivity index (χ0) is 17.0. The molecule has 0 aromatic heterocycles. The second kappa shape index (κ2) is 7.25. The average Bonchev–Trinajstić information content (AvgIpc) is 2.52. The summed E-state index contributed by atoms with van der Waals surface area (Å²) in [6.45, 7) is 0.114. The van der Waals surface area contributed by atoms with Crippen LogP contribution in [0, 0.1) is 0 Å². The van der Waals surface area contributed by atoms with Crippen LogP contribution >= 0.6 is 15.9 Å². The van der Waals surface area contributed by atoms with E-state index in [0.717, 1.165) is 14.3 Å². The summed E-state index contributed by atoms with van der Waals surface area (Å²) in [4.78, 5) is 12.2. The summed E-state index contributed by atoms with van der Waals surface area (Å²) < 4.78 is 31.4. The molecule has 0 aliphatic rings. The highest BCUT2D eigenvalue weighted by molar-refractivity contribution is 9.10. The van der Waals surface area contributed by atoms with Gasteiger partial charge in [-0.15, -0.1) is 0 Å². The van der Waals surface area contributed by atoms with E-state index in [1.165, 1.54) is 38.4 Å². The van der Waals surface area contributed by atoms with Crippen LogP contribution in [0.3, 0.4) is 0 Å². The number of rotatable bonds is 5. The third-order valence-corrected chi connectivity index (χ3v) is 5.41. The van der Waals surface area contributed by atoms with E-state index in [2.05, 4.69) is 15.9 Å². The van der Waals surface area contributed by atoms with Gasteiger partial charge < -0.3 is 4.74 Å². The van der Waals surface area contributed by atoms with Crippen molar-refractivity contribution in [2.75, 3.05) is 14.1 Å². The number of hydrogen-bond donors (Lipinski definition) is 0. The van der Waals surface area contributed by atoms with Crippen molar-refractivity contribution in [1.29, 1.82) is 0 Å². The van der Waals surface area contributed by atoms with Crippen LogP contribution in [0.25, 0.3) is 0 Å². The summed E-state index contributed by atoms with van der Waals surface area (Å²) in [6, 6.07) is 13.2. The Bertz CT molecular complexity index is 818. The Morgan fingerprint density at radius 1 is 1.13 bits per heavy atom. The molecule has 2 rings (SSSR count). The fraction of sp³-hybridized carbons (Fsp3) is 0.188. The third kappa shape index (κ3) is 4.40. The Balaban J connectivity index is 2.14. The lowest BCUT2D eigenvalue weighted by molar-refractivity contribution is 0.0472. The van der Waals surface area contributed by atoms with Crippen LogP contribution in [0.1, 0.15) is 15.9 Å². The van der Waals surface area contributed by atoms with Crippen molar-refractivity contribution in [3.63, 3.8) is 0 Å². The number of carbonyl (C=O) groups excluding carboxylic acids is 1. The molecule has 0 aliphatic heterocycles. The van der Waals surface area contributed by atoms with Crippen LogP contribution in [-0.4, -0.2) is 32.8 Å². The number of esters is 1. The van der Waals surface area contributed by atoms with Gasteiger partial charge in [-0.3, -0.25) is 0 Å². The van der Waals surface area contributed by atoms with Gasteiger partial charge in [-0.05, 0) is 35.9 Å². The number of nitrogens with zero attached hydrogens (tertiary/aromatic N) is 1. The van der Waals surface area contributed by atoms with Gasteiger partial charge in [-0.1, -0.05) is 34.1 Å². The van der Waals surface area contributed by atoms with Gasteiger partial charge in [-0.2, -0.15) is 0 Å². The number of sulfonamides is 1. The zero-order valence-corrected chi connectivity index (χ0v) is 15.1. The first-order valence-corrected chi connectivity index (χ1v) is 8.98. The highest BCUT2D eigenvalue weighted by atomic mass is 79.9. The van der Waals surface area contributed by atoms with Gasteiger partial charge in [0.15, 0.2) is 0 Å². The molecule has 23 heavy (non-hydrogen) atoms. The minimum Gasteiger partial charge on any atom is -0.457 e. The fourth-order valence-corrected chi connectivity index (χ4v) is 3.25. The maximum absolute atomic E-state index is 12.1. The van der Waals surface area contributed by atoms with Gasteiger partial charge in [-0.25, -0.2) is 17.5 Å². The van der Waals surface area contributed by atoms with Crippen molar-refractivity contribution in [3.05, 3.63) is 64.1 Å². The first-order valence-electron chi connectivity index (χ1n) is 6.75. The van der Waals surface area contributed by atoms with E-state index in [-0.39, 0.29) is 17.1 Å². The van der Waals surface area contributed by atoms with E-state index in [1.54, 1.807) is 0 Å². The second-order valence-electron chi connectivity index (χ2n) is 5.02. The lowest BCUT2D eigenvalue weighted by Crippen LogP contribution is -2.22. The van der Waals surface area contributed by atoms with Crippen molar-refractivity contribution in [3.8, 4) is 0 Å². The van der Waals surface area contributed by atoms with E-state index in [9.17, 15) is 13.2 Å². The van der Waals surface area contributed by atoms with Gasteiger partial charge in [0, 0.05) is 18.6 Å². The summed E-state index contributed by atoms with van der Waals surface area (Å²) in [7, 11) is -0.710. The molecule has 0 spiro atoms. The molecule has 5 nitrogen and oxygen atoms in total. The Kier molecular flexibility index (Phi) is 5.56. The number of halogens is 1. The molecule has 0 amide bonds. The Morgan fingerprint density at radius 3 is 2.48 bits per heavy atom. The number of hydrogen-bond acceptors (Lipinski definition) is 4. The first-order chi connectivity index (χ1) is 10.8. The van der Waals surface area contributed by atoms with Crippen molar-refractivity contribution < 1.29 is 17.9 Å². The highest BCUT2D eigenvalue weighted by Crippen LogP contribution is 2.17. The molecule has 0 heterocycles. The Labute approximate surface area is 144 Å². The summed E-state index contributed by atoms with van der Waals surface area (Å²) in [5.74, 6) is -0.569. The monoisotopic (exact) mass is 397 g/mol. The molecule has 0 bridgehead atoms. The lowest BCUT2D eigenvalue weighted by atomic mass is 10.2. The van der Waals surface area contributed by atoms with Crippen molar-refractivity contribution in [1.82, 2.24) is 4.31 Å². The molecule has 0 radical (unpaired) electrons. The minimum atomic E-state index is -3.59. The predicted molar refractivity (Wildman–Crippen MR) is 90.6 cm³/mol. The van der Waals surface area contributed by atoms with Crippen LogP contribution < -0.4 is 0 Å².